The number of hydrogen-bond acceptors (Lipinski definition) is 6. The molecule has 27 heavy (non-hydrogen) atoms. The lowest BCUT2D eigenvalue weighted by Crippen LogP contribution is -2.43. The Morgan fingerprint density at radius 3 is 2.70 bits per heavy atom. The van der Waals surface area contributed by atoms with Gasteiger partial charge in [-0.1, -0.05) is 13.8 Å². The van der Waals surface area contributed by atoms with E-state index in [9.17, 15) is 4.79 Å². The number of rotatable bonds is 7. The summed E-state index contributed by atoms with van der Waals surface area (Å²) < 4.78 is 10.4. The molecule has 0 radical (unpaired) electrons. The molecule has 0 bridgehead atoms. The van der Waals surface area contributed by atoms with Gasteiger partial charge in [-0.3, -0.25) is 5.32 Å². The van der Waals surface area contributed by atoms with Crippen molar-refractivity contribution in [3.05, 3.63) is 36.2 Å². The van der Waals surface area contributed by atoms with Crippen molar-refractivity contribution in [2.45, 2.75) is 39.7 Å². The maximum absolute atomic E-state index is 11.3. The van der Waals surface area contributed by atoms with Crippen molar-refractivity contribution in [3.63, 3.8) is 0 Å². The van der Waals surface area contributed by atoms with E-state index in [1.807, 2.05) is 26.0 Å². The van der Waals surface area contributed by atoms with Crippen LogP contribution in [0.15, 0.2) is 30.6 Å². The molecule has 0 fully saturated rings. The monoisotopic (exact) mass is 372 g/mol. The quantitative estimate of drug-likeness (QED) is 0.767. The van der Waals surface area contributed by atoms with E-state index >= 15 is 0 Å². The van der Waals surface area contributed by atoms with Gasteiger partial charge in [-0.05, 0) is 49.4 Å². The molecule has 0 spiro atoms. The fourth-order valence-electron chi connectivity index (χ4n) is 2.96. The molecule has 146 valence electrons. The van der Waals surface area contributed by atoms with Gasteiger partial charge in [0.1, 0.15) is 12.4 Å². The standard InChI is InChI=1S/C20H28N4O3/c1-13(2)10-20(4,21)12-27-18-8-14(3)16(11-23-18)15-6-7-22-17(9-15)24-19(25)26-5/h6-9,11,13H,10,12,21H2,1-5H3,(H,22,24,25)/t20-/m0/s1. The summed E-state index contributed by atoms with van der Waals surface area (Å²) in [6.07, 6.45) is 3.68. The molecule has 0 aliphatic rings. The highest BCUT2D eigenvalue weighted by Gasteiger charge is 2.21. The van der Waals surface area contributed by atoms with Gasteiger partial charge in [0.2, 0.25) is 5.88 Å². The number of aromatic nitrogens is 2. The Morgan fingerprint density at radius 1 is 1.33 bits per heavy atom. The number of nitrogens with two attached hydrogens (primary N) is 1. The first-order chi connectivity index (χ1) is 12.7. The van der Waals surface area contributed by atoms with Crippen molar-refractivity contribution < 1.29 is 14.3 Å². The third-order valence-electron chi connectivity index (χ3n) is 4.00. The van der Waals surface area contributed by atoms with Crippen LogP contribution in [0.3, 0.4) is 0 Å². The minimum absolute atomic E-state index is 0.401. The smallest absolute Gasteiger partial charge is 0.412 e. The number of ether oxygens (including phenoxy) is 2. The highest BCUT2D eigenvalue weighted by atomic mass is 16.5. The van der Waals surface area contributed by atoms with Crippen molar-refractivity contribution in [3.8, 4) is 17.0 Å². The molecular formula is C20H28N4O3. The highest BCUT2D eigenvalue weighted by Crippen LogP contribution is 2.26. The molecule has 1 atom stereocenters. The second kappa shape index (κ2) is 8.81. The predicted octanol–water partition coefficient (Wildman–Crippen LogP) is 3.77. The van der Waals surface area contributed by atoms with Crippen LogP contribution in [-0.2, 0) is 4.74 Å². The predicted molar refractivity (Wildman–Crippen MR) is 106 cm³/mol. The number of aryl methyl sites for hydroxylation is 1. The van der Waals surface area contributed by atoms with Crippen LogP contribution in [-0.4, -0.2) is 35.3 Å². The summed E-state index contributed by atoms with van der Waals surface area (Å²) in [4.78, 5) is 19.9. The van der Waals surface area contributed by atoms with Crippen LogP contribution in [0.2, 0.25) is 0 Å². The van der Waals surface area contributed by atoms with Crippen molar-refractivity contribution >= 4 is 11.9 Å². The van der Waals surface area contributed by atoms with E-state index in [1.165, 1.54) is 7.11 Å². The average Bonchev–Trinajstić information content (AvgIpc) is 2.59. The Labute approximate surface area is 160 Å². The molecule has 0 unspecified atom stereocenters. The number of hydrogen-bond donors (Lipinski definition) is 2. The highest BCUT2D eigenvalue weighted by molar-refractivity contribution is 5.84. The zero-order valence-corrected chi connectivity index (χ0v) is 16.6. The summed E-state index contributed by atoms with van der Waals surface area (Å²) in [5, 5.41) is 2.55. The SMILES string of the molecule is COC(=O)Nc1cc(-c2cnc(OC[C@@](C)(N)CC(C)C)cc2C)ccn1. The number of nitrogens with one attached hydrogen (secondary N) is 1. The van der Waals surface area contributed by atoms with Crippen LogP contribution >= 0.6 is 0 Å². The summed E-state index contributed by atoms with van der Waals surface area (Å²) >= 11 is 0. The van der Waals surface area contributed by atoms with Crippen LogP contribution in [0.5, 0.6) is 5.88 Å². The Kier molecular flexibility index (Phi) is 6.74. The molecule has 0 aliphatic heterocycles. The second-order valence-electron chi connectivity index (χ2n) is 7.42. The molecule has 0 saturated carbocycles. The number of nitrogens with zero attached hydrogens (tertiary/aromatic N) is 2. The van der Waals surface area contributed by atoms with Crippen molar-refractivity contribution in [2.75, 3.05) is 19.0 Å². The minimum Gasteiger partial charge on any atom is -0.476 e. The van der Waals surface area contributed by atoms with Crippen LogP contribution in [0.4, 0.5) is 10.6 Å². The third kappa shape index (κ3) is 6.21. The molecule has 1 amide bonds. The second-order valence-corrected chi connectivity index (χ2v) is 7.42. The van der Waals surface area contributed by atoms with Gasteiger partial charge < -0.3 is 15.2 Å². The van der Waals surface area contributed by atoms with E-state index in [2.05, 4.69) is 33.9 Å². The number of methoxy groups -OCH3 is 1. The molecule has 2 aromatic rings. The largest absolute Gasteiger partial charge is 0.476 e. The number of carbonyl (C=O) groups is 1. The average molecular weight is 372 g/mol. The Hall–Kier alpha value is -2.67. The van der Waals surface area contributed by atoms with Crippen LogP contribution in [0.1, 0.15) is 32.8 Å². The number of pyridine rings is 2. The zero-order valence-electron chi connectivity index (χ0n) is 16.6. The van der Waals surface area contributed by atoms with E-state index in [-0.39, 0.29) is 0 Å². The summed E-state index contributed by atoms with van der Waals surface area (Å²) in [6.45, 7) is 8.65. The van der Waals surface area contributed by atoms with Crippen molar-refractivity contribution in [1.82, 2.24) is 9.97 Å². The van der Waals surface area contributed by atoms with E-state index in [4.69, 9.17) is 10.5 Å². The number of amides is 1. The summed E-state index contributed by atoms with van der Waals surface area (Å²) in [6, 6.07) is 5.50. The lowest BCUT2D eigenvalue weighted by atomic mass is 9.93. The molecular weight excluding hydrogens is 344 g/mol. The lowest BCUT2D eigenvalue weighted by molar-refractivity contribution is 0.187. The van der Waals surface area contributed by atoms with E-state index < -0.39 is 11.6 Å². The molecule has 7 heteroatoms. The Bertz CT molecular complexity index is 791. The third-order valence-corrected chi connectivity index (χ3v) is 4.00. The molecule has 2 rings (SSSR count). The van der Waals surface area contributed by atoms with Gasteiger partial charge in [0, 0.05) is 29.6 Å². The first kappa shape index (κ1) is 20.6. The maximum atomic E-state index is 11.3. The van der Waals surface area contributed by atoms with Crippen molar-refractivity contribution in [2.24, 2.45) is 11.7 Å². The Balaban J connectivity index is 2.13. The molecule has 0 saturated heterocycles. The first-order valence-corrected chi connectivity index (χ1v) is 8.90. The first-order valence-electron chi connectivity index (χ1n) is 8.90. The fraction of sp³-hybridized carbons (Fsp3) is 0.450. The van der Waals surface area contributed by atoms with Gasteiger partial charge in [0.15, 0.2) is 0 Å². The van der Waals surface area contributed by atoms with Gasteiger partial charge >= 0.3 is 6.09 Å². The van der Waals surface area contributed by atoms with E-state index in [1.54, 1.807) is 18.5 Å². The van der Waals surface area contributed by atoms with E-state index in [0.717, 1.165) is 23.1 Å². The molecule has 0 aromatic carbocycles. The van der Waals surface area contributed by atoms with Gasteiger partial charge in [-0.2, -0.15) is 0 Å². The summed E-state index contributed by atoms with van der Waals surface area (Å²) in [5.74, 6) is 1.45. The maximum Gasteiger partial charge on any atom is 0.412 e. The molecule has 3 N–H and O–H groups in total. The molecule has 2 aromatic heterocycles. The minimum atomic E-state index is -0.565. The van der Waals surface area contributed by atoms with Gasteiger partial charge in [-0.15, -0.1) is 0 Å². The van der Waals surface area contributed by atoms with Gasteiger partial charge in [0.05, 0.1) is 7.11 Å². The fourth-order valence-corrected chi connectivity index (χ4v) is 2.96. The van der Waals surface area contributed by atoms with Crippen LogP contribution < -0.4 is 15.8 Å². The molecule has 0 aliphatic carbocycles. The van der Waals surface area contributed by atoms with E-state index in [0.29, 0.717) is 24.2 Å². The van der Waals surface area contributed by atoms with Crippen LogP contribution in [0.25, 0.3) is 11.1 Å². The Morgan fingerprint density at radius 2 is 2.07 bits per heavy atom. The van der Waals surface area contributed by atoms with Gasteiger partial charge in [-0.25, -0.2) is 14.8 Å². The molecule has 2 heterocycles. The molecule has 7 nitrogen and oxygen atoms in total. The summed E-state index contributed by atoms with van der Waals surface area (Å²) in [5.41, 5.74) is 8.70. The summed E-state index contributed by atoms with van der Waals surface area (Å²) in [7, 11) is 1.31. The van der Waals surface area contributed by atoms with Crippen LogP contribution in [0, 0.1) is 12.8 Å². The number of carbonyl (C=O) groups excluding carboxylic acids is 1. The topological polar surface area (TPSA) is 99.4 Å². The lowest BCUT2D eigenvalue weighted by Gasteiger charge is -2.26. The normalized spacial score (nSPS) is 13.1. The zero-order chi connectivity index (χ0) is 20.0. The number of anilines is 1. The van der Waals surface area contributed by atoms with Crippen molar-refractivity contribution in [1.29, 1.82) is 0 Å². The van der Waals surface area contributed by atoms with Gasteiger partial charge in [0.25, 0.3) is 0 Å².